The molecule has 1 aromatic rings. The van der Waals surface area contributed by atoms with Gasteiger partial charge in [0, 0.05) is 37.8 Å². The summed E-state index contributed by atoms with van der Waals surface area (Å²) in [6.45, 7) is 3.67. The first-order valence-corrected chi connectivity index (χ1v) is 11.7. The number of rotatable bonds is 5. The Hall–Kier alpha value is -2.66. The minimum absolute atomic E-state index is 0.0446. The summed E-state index contributed by atoms with van der Waals surface area (Å²) in [6.07, 6.45) is -0.231. The van der Waals surface area contributed by atoms with Crippen LogP contribution in [0.3, 0.4) is 0 Å². The van der Waals surface area contributed by atoms with Gasteiger partial charge in [0.05, 0.1) is 16.9 Å². The second kappa shape index (κ2) is 9.30. The maximum absolute atomic E-state index is 14.0. The number of carbonyl (C=O) groups is 1. The van der Waals surface area contributed by atoms with E-state index in [9.17, 15) is 30.8 Å². The Morgan fingerprint density at radius 2 is 1.94 bits per heavy atom. The van der Waals surface area contributed by atoms with Crippen LogP contribution in [0, 0.1) is 5.82 Å². The highest BCUT2D eigenvalue weighted by atomic mass is 32.2. The summed E-state index contributed by atoms with van der Waals surface area (Å²) >= 11 is 0. The number of benzene rings is 1. The summed E-state index contributed by atoms with van der Waals surface area (Å²) in [7, 11) is -3.91. The molecule has 1 heterocycles. The van der Waals surface area contributed by atoms with Gasteiger partial charge in [-0.3, -0.25) is 4.79 Å². The highest BCUT2D eigenvalue weighted by Gasteiger charge is 2.36. The van der Waals surface area contributed by atoms with Gasteiger partial charge in [-0.05, 0) is 49.3 Å². The lowest BCUT2D eigenvalue weighted by Crippen LogP contribution is -2.53. The van der Waals surface area contributed by atoms with Crippen LogP contribution in [0.25, 0.3) is 0 Å². The van der Waals surface area contributed by atoms with Gasteiger partial charge >= 0.3 is 12.1 Å². The molecule has 0 amide bonds. The molecule has 1 unspecified atom stereocenters. The fourth-order valence-corrected chi connectivity index (χ4v) is 5.63. The van der Waals surface area contributed by atoms with Crippen molar-refractivity contribution >= 4 is 21.7 Å². The molecular weight excluding hydrogens is 464 g/mol. The van der Waals surface area contributed by atoms with Gasteiger partial charge in [-0.2, -0.15) is 17.5 Å². The lowest BCUT2D eigenvalue weighted by Gasteiger charge is -2.41. The molecule has 1 aliphatic carbocycles. The first-order valence-electron chi connectivity index (χ1n) is 10.2. The molecule has 1 N–H and O–H groups in total. The number of alkyl halides is 3. The van der Waals surface area contributed by atoms with Gasteiger partial charge < -0.3 is 10.0 Å². The van der Waals surface area contributed by atoms with E-state index in [4.69, 9.17) is 5.11 Å². The topological polar surface area (TPSA) is 77.9 Å². The largest absolute Gasteiger partial charge is 0.481 e. The van der Waals surface area contributed by atoms with Crippen molar-refractivity contribution in [2.45, 2.75) is 38.9 Å². The van der Waals surface area contributed by atoms with Crippen LogP contribution < -0.4 is 4.90 Å². The van der Waals surface area contributed by atoms with Gasteiger partial charge in [0.25, 0.3) is 0 Å². The first kappa shape index (κ1) is 25.0. The van der Waals surface area contributed by atoms with Crippen LogP contribution in [0.15, 0.2) is 52.5 Å². The lowest BCUT2D eigenvalue weighted by molar-refractivity contribution is -0.140. The molecule has 0 saturated carbocycles. The number of allylic oxidation sites excluding steroid dienone is 5. The van der Waals surface area contributed by atoms with E-state index < -0.39 is 39.6 Å². The number of hydrogen-bond acceptors (Lipinski definition) is 4. The van der Waals surface area contributed by atoms with E-state index in [2.05, 4.69) is 0 Å². The molecule has 0 radical (unpaired) electrons. The van der Waals surface area contributed by atoms with Crippen molar-refractivity contribution in [3.63, 3.8) is 0 Å². The van der Waals surface area contributed by atoms with E-state index in [-0.39, 0.29) is 43.1 Å². The maximum atomic E-state index is 14.0. The van der Waals surface area contributed by atoms with Gasteiger partial charge in [-0.1, -0.05) is 12.2 Å². The van der Waals surface area contributed by atoms with E-state index in [0.717, 1.165) is 6.07 Å². The Morgan fingerprint density at radius 3 is 2.52 bits per heavy atom. The third-order valence-corrected chi connectivity index (χ3v) is 7.68. The number of halogens is 4. The Bertz CT molecular complexity index is 1140. The molecule has 1 aromatic carbocycles. The first-order chi connectivity index (χ1) is 15.3. The minimum atomic E-state index is -4.80. The summed E-state index contributed by atoms with van der Waals surface area (Å²) in [5, 5.41) is 9.12. The molecule has 33 heavy (non-hydrogen) atoms. The van der Waals surface area contributed by atoms with Crippen LogP contribution in [-0.4, -0.2) is 49.5 Å². The Labute approximate surface area is 189 Å². The van der Waals surface area contributed by atoms with Crippen LogP contribution in [0.4, 0.5) is 23.2 Å². The van der Waals surface area contributed by atoms with E-state index in [0.29, 0.717) is 17.2 Å². The molecule has 1 aliphatic heterocycles. The zero-order chi connectivity index (χ0) is 24.6. The molecule has 0 bridgehead atoms. The molecule has 0 aromatic heterocycles. The number of aliphatic carboxylic acids is 1. The second-order valence-corrected chi connectivity index (χ2v) is 10.1. The zero-order valence-electron chi connectivity index (χ0n) is 18.1. The summed E-state index contributed by atoms with van der Waals surface area (Å²) in [5.74, 6) is -2.45. The van der Waals surface area contributed by atoms with E-state index in [1.165, 1.54) is 16.4 Å². The number of hydrogen-bond donors (Lipinski definition) is 1. The summed E-state index contributed by atoms with van der Waals surface area (Å²) in [6, 6.07) is 2.24. The average Bonchev–Trinajstić information content (AvgIpc) is 2.88. The Kier molecular flexibility index (Phi) is 7.04. The molecule has 2 aliphatic rings. The van der Waals surface area contributed by atoms with Crippen molar-refractivity contribution in [2.24, 2.45) is 0 Å². The smallest absolute Gasteiger partial charge is 0.419 e. The van der Waals surface area contributed by atoms with Crippen molar-refractivity contribution in [1.29, 1.82) is 0 Å². The lowest BCUT2D eigenvalue weighted by atomic mass is 10.1. The molecule has 11 heteroatoms. The predicted molar refractivity (Wildman–Crippen MR) is 115 cm³/mol. The van der Waals surface area contributed by atoms with Crippen molar-refractivity contribution in [2.75, 3.05) is 24.5 Å². The fraction of sp³-hybridized carbons (Fsp3) is 0.409. The molecule has 1 atom stereocenters. The highest BCUT2D eigenvalue weighted by molar-refractivity contribution is 7.93. The van der Waals surface area contributed by atoms with E-state index in [1.54, 1.807) is 30.9 Å². The number of nitrogens with zero attached hydrogens (tertiary/aromatic N) is 2. The number of piperazine rings is 1. The molecular formula is C22H24F4N2O4S. The minimum Gasteiger partial charge on any atom is -0.481 e. The fourth-order valence-electron chi connectivity index (χ4n) is 3.96. The standard InChI is InChI=1S/C22H24F4N2O4S/c1-14-4-3-5-18(10-16(14)11-21(29)30)33(31,32)27-8-9-28(15(2)13-27)17-6-7-19(20(23)12-17)22(24,25)26/h3-4,6-7,10,12,15H,5,8-9,11,13H2,1-2H3,(H,29,30). The van der Waals surface area contributed by atoms with Crippen LogP contribution in [0.2, 0.25) is 0 Å². The molecule has 1 saturated heterocycles. The van der Waals surface area contributed by atoms with Crippen LogP contribution in [-0.2, 0) is 21.0 Å². The SMILES string of the molecule is CC1=C(CC(=O)O)C=C(S(=O)(=O)N2CCN(c3ccc(C(F)(F)F)c(F)c3)C(C)C2)CC=C1. The van der Waals surface area contributed by atoms with Crippen molar-refractivity contribution in [3.05, 3.63) is 63.9 Å². The summed E-state index contributed by atoms with van der Waals surface area (Å²) in [4.78, 5) is 12.9. The summed E-state index contributed by atoms with van der Waals surface area (Å²) in [5.41, 5.74) is -0.0372. The van der Waals surface area contributed by atoms with Gasteiger partial charge in [-0.15, -0.1) is 0 Å². The molecule has 180 valence electrons. The molecule has 3 rings (SSSR count). The van der Waals surface area contributed by atoms with Crippen molar-refractivity contribution in [1.82, 2.24) is 4.31 Å². The molecule has 6 nitrogen and oxygen atoms in total. The van der Waals surface area contributed by atoms with Gasteiger partial charge in [-0.25, -0.2) is 12.8 Å². The van der Waals surface area contributed by atoms with Crippen LogP contribution in [0.5, 0.6) is 0 Å². The monoisotopic (exact) mass is 488 g/mol. The van der Waals surface area contributed by atoms with E-state index >= 15 is 0 Å². The number of carboxylic acids is 1. The predicted octanol–water partition coefficient (Wildman–Crippen LogP) is 4.32. The van der Waals surface area contributed by atoms with Crippen molar-refractivity contribution in [3.8, 4) is 0 Å². The van der Waals surface area contributed by atoms with Crippen LogP contribution in [0.1, 0.15) is 32.3 Å². The summed E-state index contributed by atoms with van der Waals surface area (Å²) < 4.78 is 80.4. The van der Waals surface area contributed by atoms with Crippen molar-refractivity contribution < 1.29 is 35.9 Å². The van der Waals surface area contributed by atoms with Crippen LogP contribution >= 0.6 is 0 Å². The maximum Gasteiger partial charge on any atom is 0.419 e. The number of sulfonamides is 1. The Balaban J connectivity index is 1.81. The molecule has 1 fully saturated rings. The van der Waals surface area contributed by atoms with E-state index in [1.807, 2.05) is 0 Å². The van der Waals surface area contributed by atoms with Gasteiger partial charge in [0.2, 0.25) is 10.0 Å². The Morgan fingerprint density at radius 1 is 1.24 bits per heavy atom. The second-order valence-electron chi connectivity index (χ2n) is 8.06. The normalized spacial score (nSPS) is 20.6. The third-order valence-electron chi connectivity index (χ3n) is 5.72. The average molecular weight is 489 g/mol. The zero-order valence-corrected chi connectivity index (χ0v) is 18.9. The molecule has 0 spiro atoms. The van der Waals surface area contributed by atoms with Gasteiger partial charge in [0.1, 0.15) is 5.82 Å². The highest BCUT2D eigenvalue weighted by Crippen LogP contribution is 2.34. The third kappa shape index (κ3) is 5.47. The number of anilines is 1. The van der Waals surface area contributed by atoms with Gasteiger partial charge in [0.15, 0.2) is 0 Å². The quantitative estimate of drug-likeness (QED) is 0.625. The number of carboxylic acid groups (broad SMARTS) is 1.